The van der Waals surface area contributed by atoms with Gasteiger partial charge in [-0.2, -0.15) is 0 Å². The SMILES string of the molecule is CCCC(N)C(=O)N1CCn2c(nnc2-c2ccccc2)C1. The summed E-state index contributed by atoms with van der Waals surface area (Å²) in [5.41, 5.74) is 6.99. The first-order chi connectivity index (χ1) is 10.7. The van der Waals surface area contributed by atoms with Crippen molar-refractivity contribution in [3.05, 3.63) is 36.2 Å². The van der Waals surface area contributed by atoms with Gasteiger partial charge < -0.3 is 15.2 Å². The highest BCUT2D eigenvalue weighted by Gasteiger charge is 2.27. The van der Waals surface area contributed by atoms with Gasteiger partial charge in [0.1, 0.15) is 0 Å². The van der Waals surface area contributed by atoms with Gasteiger partial charge in [0.05, 0.1) is 12.6 Å². The Kier molecular flexibility index (Phi) is 4.20. The molecule has 0 saturated carbocycles. The second-order valence-corrected chi connectivity index (χ2v) is 5.61. The molecule has 2 aromatic rings. The lowest BCUT2D eigenvalue weighted by molar-refractivity contribution is -0.134. The van der Waals surface area contributed by atoms with Crippen LogP contribution in [0.3, 0.4) is 0 Å². The Bertz CT molecular complexity index is 652. The van der Waals surface area contributed by atoms with Crippen LogP contribution in [-0.4, -0.2) is 38.2 Å². The summed E-state index contributed by atoms with van der Waals surface area (Å²) < 4.78 is 2.09. The van der Waals surface area contributed by atoms with Crippen molar-refractivity contribution >= 4 is 5.91 Å². The van der Waals surface area contributed by atoms with E-state index in [1.807, 2.05) is 37.3 Å². The molecular weight excluding hydrogens is 278 g/mol. The fourth-order valence-corrected chi connectivity index (χ4v) is 2.82. The van der Waals surface area contributed by atoms with Gasteiger partial charge in [0.25, 0.3) is 0 Å². The summed E-state index contributed by atoms with van der Waals surface area (Å²) in [7, 11) is 0. The Labute approximate surface area is 129 Å². The van der Waals surface area contributed by atoms with Crippen LogP contribution < -0.4 is 5.73 Å². The molecule has 1 atom stereocenters. The van der Waals surface area contributed by atoms with Crippen molar-refractivity contribution in [2.24, 2.45) is 5.73 Å². The Morgan fingerprint density at radius 2 is 2.05 bits per heavy atom. The van der Waals surface area contributed by atoms with Crippen LogP contribution in [-0.2, 0) is 17.9 Å². The lowest BCUT2D eigenvalue weighted by Gasteiger charge is -2.29. The monoisotopic (exact) mass is 299 g/mol. The van der Waals surface area contributed by atoms with E-state index < -0.39 is 6.04 Å². The molecule has 0 aliphatic carbocycles. The maximum Gasteiger partial charge on any atom is 0.239 e. The van der Waals surface area contributed by atoms with Crippen molar-refractivity contribution in [1.82, 2.24) is 19.7 Å². The quantitative estimate of drug-likeness (QED) is 0.926. The molecule has 3 rings (SSSR count). The van der Waals surface area contributed by atoms with Gasteiger partial charge in [0.2, 0.25) is 5.91 Å². The number of hydrogen-bond donors (Lipinski definition) is 1. The molecule has 6 nitrogen and oxygen atoms in total. The molecule has 1 aliphatic rings. The maximum absolute atomic E-state index is 12.3. The van der Waals surface area contributed by atoms with Crippen molar-refractivity contribution in [1.29, 1.82) is 0 Å². The van der Waals surface area contributed by atoms with Crippen LogP contribution in [0.25, 0.3) is 11.4 Å². The zero-order valence-corrected chi connectivity index (χ0v) is 12.8. The third kappa shape index (κ3) is 2.74. The van der Waals surface area contributed by atoms with Gasteiger partial charge >= 0.3 is 0 Å². The molecule has 1 amide bonds. The minimum absolute atomic E-state index is 0.0114. The Morgan fingerprint density at radius 3 is 2.77 bits per heavy atom. The molecule has 22 heavy (non-hydrogen) atoms. The molecule has 1 aromatic heterocycles. The molecule has 1 aromatic carbocycles. The average Bonchev–Trinajstić information content (AvgIpc) is 2.98. The predicted octanol–water partition coefficient (Wildman–Crippen LogP) is 1.41. The zero-order valence-electron chi connectivity index (χ0n) is 12.8. The van der Waals surface area contributed by atoms with Crippen molar-refractivity contribution in [3.8, 4) is 11.4 Å². The van der Waals surface area contributed by atoms with Gasteiger partial charge in [0.15, 0.2) is 11.6 Å². The minimum atomic E-state index is -0.409. The van der Waals surface area contributed by atoms with Crippen LogP contribution >= 0.6 is 0 Å². The van der Waals surface area contributed by atoms with Crippen LogP contribution in [0, 0.1) is 0 Å². The smallest absolute Gasteiger partial charge is 0.239 e. The summed E-state index contributed by atoms with van der Waals surface area (Å²) >= 11 is 0. The number of fused-ring (bicyclic) bond motifs is 1. The molecule has 116 valence electrons. The van der Waals surface area contributed by atoms with E-state index in [-0.39, 0.29) is 5.91 Å². The third-order valence-corrected chi connectivity index (χ3v) is 4.01. The summed E-state index contributed by atoms with van der Waals surface area (Å²) in [6.07, 6.45) is 1.63. The third-order valence-electron chi connectivity index (χ3n) is 4.01. The van der Waals surface area contributed by atoms with Gasteiger partial charge in [0, 0.05) is 18.7 Å². The van der Waals surface area contributed by atoms with Gasteiger partial charge in [-0.25, -0.2) is 0 Å². The van der Waals surface area contributed by atoms with E-state index in [1.54, 1.807) is 4.90 Å². The molecular formula is C16H21N5O. The number of aromatic nitrogens is 3. The fraction of sp³-hybridized carbons (Fsp3) is 0.438. The highest BCUT2D eigenvalue weighted by molar-refractivity contribution is 5.81. The Hall–Kier alpha value is -2.21. The lowest BCUT2D eigenvalue weighted by Crippen LogP contribution is -2.46. The minimum Gasteiger partial charge on any atom is -0.332 e. The average molecular weight is 299 g/mol. The topological polar surface area (TPSA) is 77.0 Å². The van der Waals surface area contributed by atoms with E-state index in [9.17, 15) is 4.79 Å². The summed E-state index contributed by atoms with van der Waals surface area (Å²) in [5, 5.41) is 8.54. The maximum atomic E-state index is 12.3. The van der Waals surface area contributed by atoms with E-state index in [0.717, 1.165) is 30.1 Å². The number of amides is 1. The first kappa shape index (κ1) is 14.7. The number of nitrogens with zero attached hydrogens (tertiary/aromatic N) is 4. The molecule has 0 bridgehead atoms. The Balaban J connectivity index is 1.78. The molecule has 2 N–H and O–H groups in total. The molecule has 1 aliphatic heterocycles. The number of nitrogens with two attached hydrogens (primary N) is 1. The number of hydrogen-bond acceptors (Lipinski definition) is 4. The first-order valence-electron chi connectivity index (χ1n) is 7.72. The number of carbonyl (C=O) groups excluding carboxylic acids is 1. The standard InChI is InChI=1S/C16H21N5O/c1-2-6-13(17)16(22)20-9-10-21-14(11-20)18-19-15(21)12-7-4-3-5-8-12/h3-5,7-8,13H,2,6,9-11,17H2,1H3. The second-order valence-electron chi connectivity index (χ2n) is 5.61. The summed E-state index contributed by atoms with van der Waals surface area (Å²) in [6.45, 7) is 3.88. The Morgan fingerprint density at radius 1 is 1.27 bits per heavy atom. The predicted molar refractivity (Wildman–Crippen MR) is 83.8 cm³/mol. The molecule has 1 unspecified atom stereocenters. The van der Waals surface area contributed by atoms with Crippen molar-refractivity contribution in [2.75, 3.05) is 6.54 Å². The van der Waals surface area contributed by atoms with Crippen molar-refractivity contribution in [3.63, 3.8) is 0 Å². The first-order valence-corrected chi connectivity index (χ1v) is 7.72. The van der Waals surface area contributed by atoms with Crippen LogP contribution in [0.4, 0.5) is 0 Å². The largest absolute Gasteiger partial charge is 0.332 e. The van der Waals surface area contributed by atoms with Crippen molar-refractivity contribution < 1.29 is 4.79 Å². The van der Waals surface area contributed by atoms with Crippen LogP contribution in [0.2, 0.25) is 0 Å². The molecule has 0 saturated heterocycles. The van der Waals surface area contributed by atoms with E-state index in [1.165, 1.54) is 0 Å². The lowest BCUT2D eigenvalue weighted by atomic mass is 10.1. The number of carbonyl (C=O) groups is 1. The number of rotatable bonds is 4. The summed E-state index contributed by atoms with van der Waals surface area (Å²) in [4.78, 5) is 14.1. The zero-order chi connectivity index (χ0) is 15.5. The molecule has 0 spiro atoms. The molecule has 6 heteroatoms. The summed E-state index contributed by atoms with van der Waals surface area (Å²) in [6, 6.07) is 9.58. The normalized spacial score (nSPS) is 15.5. The molecule has 0 fully saturated rings. The van der Waals surface area contributed by atoms with E-state index >= 15 is 0 Å². The molecule has 2 heterocycles. The summed E-state index contributed by atoms with van der Waals surface area (Å²) in [5.74, 6) is 1.69. The van der Waals surface area contributed by atoms with Crippen molar-refractivity contribution in [2.45, 2.75) is 38.9 Å². The van der Waals surface area contributed by atoms with Gasteiger partial charge in [-0.15, -0.1) is 10.2 Å². The second kappa shape index (κ2) is 6.27. The van der Waals surface area contributed by atoms with E-state index in [2.05, 4.69) is 14.8 Å². The van der Waals surface area contributed by atoms with Crippen LogP contribution in [0.5, 0.6) is 0 Å². The van der Waals surface area contributed by atoms with Crippen LogP contribution in [0.15, 0.2) is 30.3 Å². The highest BCUT2D eigenvalue weighted by atomic mass is 16.2. The van der Waals surface area contributed by atoms with E-state index in [4.69, 9.17) is 5.73 Å². The fourth-order valence-electron chi connectivity index (χ4n) is 2.82. The highest BCUT2D eigenvalue weighted by Crippen LogP contribution is 2.21. The number of benzene rings is 1. The van der Waals surface area contributed by atoms with Gasteiger partial charge in [-0.3, -0.25) is 4.79 Å². The van der Waals surface area contributed by atoms with Gasteiger partial charge in [-0.1, -0.05) is 43.7 Å². The van der Waals surface area contributed by atoms with Gasteiger partial charge in [-0.05, 0) is 6.42 Å². The van der Waals surface area contributed by atoms with E-state index in [0.29, 0.717) is 19.6 Å². The van der Waals surface area contributed by atoms with Crippen LogP contribution in [0.1, 0.15) is 25.6 Å². The molecule has 0 radical (unpaired) electrons.